The molecule has 0 aliphatic carbocycles. The molecule has 0 spiro atoms. The zero-order valence-electron chi connectivity index (χ0n) is 25.0. The standard InChI is InChI=1S/C35H38ClN3O4S/c1-3-4-23-37-35(41)33(24-28-11-7-5-8-12-28)38(25-29-17-19-30(36)20-18-29)34(40)26-39(31-13-9-6-10-14-31)44(42,43)32-21-15-27(2)16-22-32/h5-22,33H,3-4,23-26H2,1-2H3,(H,37,41). The molecule has 4 aromatic carbocycles. The van der Waals surface area contributed by atoms with Gasteiger partial charge in [-0.15, -0.1) is 0 Å². The number of carbonyl (C=O) groups is 2. The predicted molar refractivity (Wildman–Crippen MR) is 176 cm³/mol. The molecule has 1 atom stereocenters. The Morgan fingerprint density at radius 3 is 2.05 bits per heavy atom. The highest BCUT2D eigenvalue weighted by atomic mass is 35.5. The summed E-state index contributed by atoms with van der Waals surface area (Å²) in [7, 11) is -4.13. The van der Waals surface area contributed by atoms with Crippen LogP contribution in [-0.4, -0.2) is 44.3 Å². The number of carbonyl (C=O) groups excluding carboxylic acids is 2. The molecule has 0 radical (unpaired) electrons. The molecule has 1 N–H and O–H groups in total. The van der Waals surface area contributed by atoms with Gasteiger partial charge in [-0.1, -0.05) is 103 Å². The number of unbranched alkanes of at least 4 members (excludes halogenated alkanes) is 1. The smallest absolute Gasteiger partial charge is 0.264 e. The van der Waals surface area contributed by atoms with Crippen LogP contribution in [0.2, 0.25) is 5.02 Å². The molecule has 0 saturated heterocycles. The molecular weight excluding hydrogens is 594 g/mol. The lowest BCUT2D eigenvalue weighted by molar-refractivity contribution is -0.140. The Labute approximate surface area is 265 Å². The maximum atomic E-state index is 14.4. The summed E-state index contributed by atoms with van der Waals surface area (Å²) in [5.74, 6) is -0.802. The van der Waals surface area contributed by atoms with Crippen LogP contribution in [0.25, 0.3) is 0 Å². The Bertz CT molecular complexity index is 1610. The van der Waals surface area contributed by atoms with Gasteiger partial charge in [0.05, 0.1) is 10.6 Å². The van der Waals surface area contributed by atoms with Gasteiger partial charge in [0.15, 0.2) is 0 Å². The van der Waals surface area contributed by atoms with Gasteiger partial charge in [0, 0.05) is 24.5 Å². The second-order valence-corrected chi connectivity index (χ2v) is 13.0. The number of hydrogen-bond acceptors (Lipinski definition) is 4. The molecule has 0 aromatic heterocycles. The zero-order valence-corrected chi connectivity index (χ0v) is 26.6. The normalized spacial score (nSPS) is 11.9. The first-order chi connectivity index (χ1) is 21.2. The Hall–Kier alpha value is -4.14. The summed E-state index contributed by atoms with van der Waals surface area (Å²) in [6.45, 7) is 3.98. The molecule has 4 aromatic rings. The van der Waals surface area contributed by atoms with Gasteiger partial charge in [0.25, 0.3) is 10.0 Å². The third-order valence-electron chi connectivity index (χ3n) is 7.30. The Morgan fingerprint density at radius 2 is 1.43 bits per heavy atom. The van der Waals surface area contributed by atoms with Crippen LogP contribution in [0.3, 0.4) is 0 Å². The number of nitrogens with zero attached hydrogens (tertiary/aromatic N) is 2. The molecule has 9 heteroatoms. The van der Waals surface area contributed by atoms with Crippen LogP contribution in [-0.2, 0) is 32.6 Å². The Kier molecular flexibility index (Phi) is 11.6. The van der Waals surface area contributed by atoms with Gasteiger partial charge < -0.3 is 10.2 Å². The van der Waals surface area contributed by atoms with Gasteiger partial charge in [-0.05, 0) is 60.9 Å². The molecule has 0 aliphatic heterocycles. The molecule has 0 heterocycles. The summed E-state index contributed by atoms with van der Waals surface area (Å²) < 4.78 is 29.2. The quantitative estimate of drug-likeness (QED) is 0.163. The second kappa shape index (κ2) is 15.5. The number of hydrogen-bond donors (Lipinski definition) is 1. The van der Waals surface area contributed by atoms with Crippen molar-refractivity contribution in [2.24, 2.45) is 0 Å². The van der Waals surface area contributed by atoms with Crippen LogP contribution in [0.15, 0.2) is 114 Å². The van der Waals surface area contributed by atoms with E-state index in [1.54, 1.807) is 66.7 Å². The van der Waals surface area contributed by atoms with Crippen LogP contribution in [0.5, 0.6) is 0 Å². The van der Waals surface area contributed by atoms with Crippen molar-refractivity contribution in [3.8, 4) is 0 Å². The predicted octanol–water partition coefficient (Wildman–Crippen LogP) is 6.40. The third-order valence-corrected chi connectivity index (χ3v) is 9.34. The van der Waals surface area contributed by atoms with Crippen LogP contribution in [0.4, 0.5) is 5.69 Å². The maximum Gasteiger partial charge on any atom is 0.264 e. The molecule has 230 valence electrons. The van der Waals surface area contributed by atoms with E-state index in [2.05, 4.69) is 5.32 Å². The zero-order chi connectivity index (χ0) is 31.5. The number of amides is 2. The molecule has 7 nitrogen and oxygen atoms in total. The number of sulfonamides is 1. The molecule has 44 heavy (non-hydrogen) atoms. The molecule has 2 amide bonds. The fourth-order valence-electron chi connectivity index (χ4n) is 4.81. The highest BCUT2D eigenvalue weighted by Crippen LogP contribution is 2.25. The maximum absolute atomic E-state index is 14.4. The second-order valence-electron chi connectivity index (χ2n) is 10.7. The first-order valence-electron chi connectivity index (χ1n) is 14.7. The average Bonchev–Trinajstić information content (AvgIpc) is 3.03. The van der Waals surface area contributed by atoms with Gasteiger partial charge in [0.1, 0.15) is 12.6 Å². The van der Waals surface area contributed by atoms with E-state index >= 15 is 0 Å². The van der Waals surface area contributed by atoms with E-state index < -0.39 is 28.5 Å². The first-order valence-corrected chi connectivity index (χ1v) is 16.5. The number of para-hydroxylation sites is 1. The van der Waals surface area contributed by atoms with Crippen molar-refractivity contribution in [1.29, 1.82) is 0 Å². The topological polar surface area (TPSA) is 86.8 Å². The SMILES string of the molecule is CCCCNC(=O)C(Cc1ccccc1)N(Cc1ccc(Cl)cc1)C(=O)CN(c1ccccc1)S(=O)(=O)c1ccc(C)cc1. The summed E-state index contributed by atoms with van der Waals surface area (Å²) in [5.41, 5.74) is 2.90. The monoisotopic (exact) mass is 631 g/mol. The van der Waals surface area contributed by atoms with Crippen LogP contribution < -0.4 is 9.62 Å². The highest BCUT2D eigenvalue weighted by molar-refractivity contribution is 7.92. The minimum absolute atomic E-state index is 0.0714. The summed E-state index contributed by atoms with van der Waals surface area (Å²) in [4.78, 5) is 29.7. The molecule has 0 bridgehead atoms. The fourth-order valence-corrected chi connectivity index (χ4v) is 6.35. The van der Waals surface area contributed by atoms with Gasteiger partial charge in [-0.2, -0.15) is 0 Å². The lowest BCUT2D eigenvalue weighted by Crippen LogP contribution is -2.53. The summed E-state index contributed by atoms with van der Waals surface area (Å²) in [6, 6.07) is 30.7. The van der Waals surface area contributed by atoms with Gasteiger partial charge in [-0.3, -0.25) is 13.9 Å². The fraction of sp³-hybridized carbons (Fsp3) is 0.257. The van der Waals surface area contributed by atoms with Gasteiger partial charge in [-0.25, -0.2) is 8.42 Å². The highest BCUT2D eigenvalue weighted by Gasteiger charge is 2.34. The number of anilines is 1. The van der Waals surface area contributed by atoms with Crippen molar-refractivity contribution in [2.45, 2.75) is 50.6 Å². The van der Waals surface area contributed by atoms with E-state index in [9.17, 15) is 18.0 Å². The van der Waals surface area contributed by atoms with E-state index in [-0.39, 0.29) is 23.8 Å². The Balaban J connectivity index is 1.76. The molecule has 0 aliphatic rings. The van der Waals surface area contributed by atoms with Crippen LogP contribution in [0.1, 0.15) is 36.5 Å². The van der Waals surface area contributed by atoms with E-state index in [1.165, 1.54) is 17.0 Å². The van der Waals surface area contributed by atoms with Crippen molar-refractivity contribution in [2.75, 3.05) is 17.4 Å². The Morgan fingerprint density at radius 1 is 0.818 bits per heavy atom. The van der Waals surface area contributed by atoms with E-state index in [1.807, 2.05) is 44.2 Å². The molecule has 0 saturated carbocycles. The van der Waals surface area contributed by atoms with E-state index in [0.717, 1.165) is 33.8 Å². The summed E-state index contributed by atoms with van der Waals surface area (Å²) in [5, 5.41) is 3.54. The lowest BCUT2D eigenvalue weighted by atomic mass is 10.0. The van der Waals surface area contributed by atoms with Crippen molar-refractivity contribution < 1.29 is 18.0 Å². The van der Waals surface area contributed by atoms with Gasteiger partial charge >= 0.3 is 0 Å². The van der Waals surface area contributed by atoms with Crippen molar-refractivity contribution in [3.63, 3.8) is 0 Å². The first kappa shape index (κ1) is 32.8. The summed E-state index contributed by atoms with van der Waals surface area (Å²) >= 11 is 6.14. The number of rotatable bonds is 14. The van der Waals surface area contributed by atoms with Crippen LogP contribution >= 0.6 is 11.6 Å². The average molecular weight is 632 g/mol. The number of aryl methyl sites for hydroxylation is 1. The number of benzene rings is 4. The lowest BCUT2D eigenvalue weighted by Gasteiger charge is -2.34. The van der Waals surface area contributed by atoms with E-state index in [4.69, 9.17) is 11.6 Å². The number of halogens is 1. The molecule has 1 unspecified atom stereocenters. The molecular formula is C35H38ClN3O4S. The summed E-state index contributed by atoms with van der Waals surface area (Å²) in [6.07, 6.45) is 1.96. The molecule has 4 rings (SSSR count). The largest absolute Gasteiger partial charge is 0.354 e. The van der Waals surface area contributed by atoms with E-state index in [0.29, 0.717) is 17.3 Å². The third kappa shape index (κ3) is 8.71. The van der Waals surface area contributed by atoms with Crippen molar-refractivity contribution in [3.05, 3.63) is 131 Å². The minimum atomic E-state index is -4.13. The van der Waals surface area contributed by atoms with Crippen molar-refractivity contribution in [1.82, 2.24) is 10.2 Å². The molecule has 0 fully saturated rings. The van der Waals surface area contributed by atoms with Crippen molar-refractivity contribution >= 4 is 39.1 Å². The minimum Gasteiger partial charge on any atom is -0.354 e. The van der Waals surface area contributed by atoms with Gasteiger partial charge in [0.2, 0.25) is 11.8 Å². The number of nitrogens with one attached hydrogen (secondary N) is 1. The van der Waals surface area contributed by atoms with Crippen LogP contribution in [0, 0.1) is 6.92 Å².